The Balaban J connectivity index is 1.37. The van der Waals surface area contributed by atoms with Crippen molar-refractivity contribution in [2.75, 3.05) is 32.6 Å². The van der Waals surface area contributed by atoms with Gasteiger partial charge in [0.1, 0.15) is 0 Å². The molecule has 0 saturated carbocycles. The largest absolute Gasteiger partial charge is 0.493 e. The van der Waals surface area contributed by atoms with Gasteiger partial charge in [0.05, 0.1) is 24.8 Å². The second kappa shape index (κ2) is 9.74. The summed E-state index contributed by atoms with van der Waals surface area (Å²) < 4.78 is 39.4. The summed E-state index contributed by atoms with van der Waals surface area (Å²) in [5.74, 6) is 0.328. The summed E-state index contributed by atoms with van der Waals surface area (Å²) in [6.45, 7) is 0.480. The van der Waals surface area contributed by atoms with Crippen LogP contribution in [-0.2, 0) is 14.8 Å². The van der Waals surface area contributed by atoms with Gasteiger partial charge < -0.3 is 19.8 Å². The summed E-state index contributed by atoms with van der Waals surface area (Å²) in [5.41, 5.74) is 1.04. The number of nitrogens with zero attached hydrogens (tertiary/aromatic N) is 2. The predicted octanol–water partition coefficient (Wildman–Crippen LogP) is 2.22. The molecule has 2 N–H and O–H groups in total. The van der Waals surface area contributed by atoms with Crippen molar-refractivity contribution < 1.29 is 22.7 Å². The van der Waals surface area contributed by atoms with E-state index in [1.807, 2.05) is 0 Å². The third-order valence-corrected chi connectivity index (χ3v) is 7.77. The fraction of sp³-hybridized carbons (Fsp3) is 0.304. The van der Waals surface area contributed by atoms with E-state index in [0.717, 1.165) is 0 Å². The van der Waals surface area contributed by atoms with Crippen LogP contribution in [0.2, 0.25) is 0 Å². The van der Waals surface area contributed by atoms with E-state index in [4.69, 9.17) is 9.47 Å². The summed E-state index contributed by atoms with van der Waals surface area (Å²) in [7, 11) is -0.786. The number of sulfonamides is 1. The summed E-state index contributed by atoms with van der Waals surface area (Å²) in [4.78, 5) is 27.2. The van der Waals surface area contributed by atoms with Crippen molar-refractivity contribution in [3.05, 3.63) is 65.3 Å². The van der Waals surface area contributed by atoms with Crippen LogP contribution in [0.1, 0.15) is 12.8 Å². The van der Waals surface area contributed by atoms with Gasteiger partial charge in [0.15, 0.2) is 11.5 Å². The van der Waals surface area contributed by atoms with Gasteiger partial charge in [-0.15, -0.1) is 0 Å². The molecule has 10 nitrogen and oxygen atoms in total. The van der Waals surface area contributed by atoms with E-state index in [1.165, 1.54) is 35.2 Å². The fourth-order valence-electron chi connectivity index (χ4n) is 3.96. The van der Waals surface area contributed by atoms with Crippen LogP contribution >= 0.6 is 0 Å². The number of nitrogens with one attached hydrogen (secondary N) is 2. The Bertz CT molecular complexity index is 1320. The van der Waals surface area contributed by atoms with Gasteiger partial charge in [0.2, 0.25) is 15.9 Å². The maximum atomic E-state index is 13.1. The number of carbonyl (C=O) groups is 1. The predicted molar refractivity (Wildman–Crippen MR) is 126 cm³/mol. The molecule has 1 amide bonds. The van der Waals surface area contributed by atoms with Crippen molar-refractivity contribution in [3.8, 4) is 17.2 Å². The molecule has 11 heteroatoms. The molecule has 4 rings (SSSR count). The first kappa shape index (κ1) is 23.6. The maximum Gasteiger partial charge on any atom is 0.330 e. The van der Waals surface area contributed by atoms with Gasteiger partial charge in [-0.05, 0) is 49.2 Å². The molecule has 2 aromatic carbocycles. The minimum Gasteiger partial charge on any atom is -0.493 e. The van der Waals surface area contributed by atoms with E-state index >= 15 is 0 Å². The monoisotopic (exact) mass is 486 g/mol. The number of methoxy groups -OCH3 is 2. The lowest BCUT2D eigenvalue weighted by Gasteiger charge is -2.30. The Labute approximate surface area is 197 Å². The molecule has 0 radical (unpaired) electrons. The summed E-state index contributed by atoms with van der Waals surface area (Å²) in [5, 5.41) is 2.88. The molecule has 1 aliphatic rings. The number of H-pyrrole nitrogens is 1. The zero-order valence-corrected chi connectivity index (χ0v) is 19.7. The fourth-order valence-corrected chi connectivity index (χ4v) is 5.44. The zero-order chi connectivity index (χ0) is 24.3. The number of carbonyl (C=O) groups excluding carboxylic acids is 1. The van der Waals surface area contributed by atoms with Gasteiger partial charge in [-0.25, -0.2) is 13.2 Å². The number of anilines is 1. The van der Waals surface area contributed by atoms with E-state index < -0.39 is 10.0 Å². The molecular weight excluding hydrogens is 460 g/mol. The number of benzene rings is 2. The molecule has 1 aromatic heterocycles. The third-order valence-electron chi connectivity index (χ3n) is 5.88. The van der Waals surface area contributed by atoms with Gasteiger partial charge in [-0.1, -0.05) is 0 Å². The van der Waals surface area contributed by atoms with E-state index in [2.05, 4.69) is 10.3 Å². The standard InChI is InChI=1S/C23H26N4O6S/c1-32-20-8-7-19(15-21(20)33-2)34(30,31)26-12-9-16(10-13-26)22(28)25-17-3-5-18(6-4-17)27-14-11-24-23(27)29/h3-8,11,14-16H,9-10,12-13H2,1-2H3,(H,24,29)(H,25,28). The molecule has 1 saturated heterocycles. The highest BCUT2D eigenvalue weighted by atomic mass is 32.2. The Kier molecular flexibility index (Phi) is 6.75. The van der Waals surface area contributed by atoms with Crippen molar-refractivity contribution in [1.29, 1.82) is 0 Å². The first-order chi connectivity index (χ1) is 16.3. The van der Waals surface area contributed by atoms with Crippen molar-refractivity contribution in [2.24, 2.45) is 5.92 Å². The highest BCUT2D eigenvalue weighted by molar-refractivity contribution is 7.89. The highest BCUT2D eigenvalue weighted by Gasteiger charge is 2.32. The second-order valence-corrected chi connectivity index (χ2v) is 9.80. The topological polar surface area (TPSA) is 123 Å². The molecule has 180 valence electrons. The van der Waals surface area contributed by atoms with Crippen LogP contribution in [0.4, 0.5) is 5.69 Å². The molecular formula is C23H26N4O6S. The lowest BCUT2D eigenvalue weighted by atomic mass is 9.97. The van der Waals surface area contributed by atoms with Crippen LogP contribution in [0.25, 0.3) is 5.69 Å². The van der Waals surface area contributed by atoms with Crippen LogP contribution in [0.3, 0.4) is 0 Å². The smallest absolute Gasteiger partial charge is 0.330 e. The minimum atomic E-state index is -3.72. The number of rotatable bonds is 7. The molecule has 0 bridgehead atoms. The van der Waals surface area contributed by atoms with Crippen LogP contribution in [-0.4, -0.2) is 55.5 Å². The van der Waals surface area contributed by atoms with Gasteiger partial charge in [0.25, 0.3) is 0 Å². The van der Waals surface area contributed by atoms with Gasteiger partial charge in [-0.3, -0.25) is 9.36 Å². The first-order valence-electron chi connectivity index (χ1n) is 10.7. The maximum absolute atomic E-state index is 13.1. The molecule has 2 heterocycles. The average molecular weight is 487 g/mol. The minimum absolute atomic E-state index is 0.120. The van der Waals surface area contributed by atoms with E-state index in [-0.39, 0.29) is 35.5 Å². The molecule has 0 unspecified atom stereocenters. The Hall–Kier alpha value is -3.57. The van der Waals surface area contributed by atoms with Gasteiger partial charge >= 0.3 is 5.69 Å². The number of hydrogen-bond acceptors (Lipinski definition) is 6. The van der Waals surface area contributed by atoms with Crippen molar-refractivity contribution in [3.63, 3.8) is 0 Å². The molecule has 0 aliphatic carbocycles. The van der Waals surface area contributed by atoms with E-state index in [1.54, 1.807) is 42.7 Å². The molecule has 0 atom stereocenters. The van der Waals surface area contributed by atoms with Crippen LogP contribution in [0, 0.1) is 5.92 Å². The van der Waals surface area contributed by atoms with Crippen molar-refractivity contribution in [1.82, 2.24) is 13.9 Å². The quantitative estimate of drug-likeness (QED) is 0.528. The summed E-state index contributed by atoms with van der Waals surface area (Å²) >= 11 is 0. The number of piperidine rings is 1. The SMILES string of the molecule is COc1ccc(S(=O)(=O)N2CCC(C(=O)Nc3ccc(-n4cc[nH]c4=O)cc3)CC2)cc1OC. The normalized spacial score (nSPS) is 15.1. The second-order valence-electron chi connectivity index (χ2n) is 7.87. The van der Waals surface area contributed by atoms with Crippen LogP contribution in [0.15, 0.2) is 64.5 Å². The van der Waals surface area contributed by atoms with Crippen LogP contribution < -0.4 is 20.5 Å². The van der Waals surface area contributed by atoms with Gasteiger partial charge in [-0.2, -0.15) is 4.31 Å². The molecule has 1 aliphatic heterocycles. The molecule has 0 spiro atoms. The lowest BCUT2D eigenvalue weighted by molar-refractivity contribution is -0.120. The van der Waals surface area contributed by atoms with E-state index in [9.17, 15) is 18.0 Å². The number of aromatic nitrogens is 2. The number of imidazole rings is 1. The lowest BCUT2D eigenvalue weighted by Crippen LogP contribution is -2.41. The summed E-state index contributed by atoms with van der Waals surface area (Å²) in [6.07, 6.45) is 4.00. The van der Waals surface area contributed by atoms with Crippen LogP contribution in [0.5, 0.6) is 11.5 Å². The van der Waals surface area contributed by atoms with E-state index in [0.29, 0.717) is 35.7 Å². The highest BCUT2D eigenvalue weighted by Crippen LogP contribution is 2.32. The first-order valence-corrected chi connectivity index (χ1v) is 12.2. The Morgan fingerprint density at radius 1 is 1.03 bits per heavy atom. The summed E-state index contributed by atoms with van der Waals surface area (Å²) in [6, 6.07) is 11.4. The Morgan fingerprint density at radius 2 is 1.71 bits per heavy atom. The third kappa shape index (κ3) is 4.70. The van der Waals surface area contributed by atoms with Gasteiger partial charge in [0, 0.05) is 43.2 Å². The molecule has 1 fully saturated rings. The Morgan fingerprint density at radius 3 is 2.29 bits per heavy atom. The van der Waals surface area contributed by atoms with Crippen molar-refractivity contribution in [2.45, 2.75) is 17.7 Å². The number of ether oxygens (including phenoxy) is 2. The number of amides is 1. The number of hydrogen-bond donors (Lipinski definition) is 2. The average Bonchev–Trinajstić information content (AvgIpc) is 3.29. The molecule has 3 aromatic rings. The number of aromatic amines is 1. The zero-order valence-electron chi connectivity index (χ0n) is 18.9. The van der Waals surface area contributed by atoms with Crippen molar-refractivity contribution >= 4 is 21.6 Å². The molecule has 34 heavy (non-hydrogen) atoms.